The number of aromatic nitrogens is 3. The van der Waals surface area contributed by atoms with E-state index in [-0.39, 0.29) is 5.91 Å². The van der Waals surface area contributed by atoms with Crippen molar-refractivity contribution in [1.82, 2.24) is 20.1 Å². The molecule has 0 spiro atoms. The molecule has 0 aromatic carbocycles. The van der Waals surface area contributed by atoms with Gasteiger partial charge in [-0.2, -0.15) is 0 Å². The molecule has 1 amide bonds. The molecule has 1 heterocycles. The lowest BCUT2D eigenvalue weighted by Crippen LogP contribution is -2.55. The van der Waals surface area contributed by atoms with E-state index in [0.29, 0.717) is 6.54 Å². The predicted octanol–water partition coefficient (Wildman–Crippen LogP) is 0.678. The van der Waals surface area contributed by atoms with Crippen molar-refractivity contribution in [2.75, 3.05) is 0 Å². The summed E-state index contributed by atoms with van der Waals surface area (Å²) in [5, 5.41) is 10.7. The van der Waals surface area contributed by atoms with Gasteiger partial charge in [-0.25, -0.2) is 0 Å². The Morgan fingerprint density at radius 3 is 2.56 bits per heavy atom. The maximum atomic E-state index is 12.2. The van der Waals surface area contributed by atoms with Crippen molar-refractivity contribution >= 4 is 5.91 Å². The summed E-state index contributed by atoms with van der Waals surface area (Å²) < 4.78 is 1.89. The summed E-state index contributed by atoms with van der Waals surface area (Å²) in [5.74, 6) is 0.664. The van der Waals surface area contributed by atoms with E-state index in [1.165, 1.54) is 0 Å². The molecule has 18 heavy (non-hydrogen) atoms. The molecule has 0 aliphatic heterocycles. The summed E-state index contributed by atoms with van der Waals surface area (Å²) in [4.78, 5) is 12.2. The molecule has 1 aromatic heterocycles. The fourth-order valence-corrected chi connectivity index (χ4v) is 1.35. The van der Waals surface area contributed by atoms with E-state index in [4.69, 9.17) is 5.73 Å². The molecule has 1 aromatic rings. The first-order chi connectivity index (χ1) is 8.20. The third-order valence-electron chi connectivity index (χ3n) is 3.62. The highest BCUT2D eigenvalue weighted by atomic mass is 16.2. The minimum absolute atomic E-state index is 0.0827. The molecule has 0 unspecified atom stereocenters. The summed E-state index contributed by atoms with van der Waals surface area (Å²) in [7, 11) is 0. The number of nitrogens with one attached hydrogen (secondary N) is 1. The van der Waals surface area contributed by atoms with Gasteiger partial charge in [0.2, 0.25) is 5.91 Å². The van der Waals surface area contributed by atoms with Crippen LogP contribution >= 0.6 is 0 Å². The van der Waals surface area contributed by atoms with Crippen LogP contribution in [0.5, 0.6) is 0 Å². The Kier molecular flexibility index (Phi) is 4.11. The van der Waals surface area contributed by atoms with Gasteiger partial charge in [0, 0.05) is 12.1 Å². The van der Waals surface area contributed by atoms with Crippen molar-refractivity contribution in [1.29, 1.82) is 0 Å². The van der Waals surface area contributed by atoms with E-state index < -0.39 is 11.0 Å². The van der Waals surface area contributed by atoms with Gasteiger partial charge in [0.1, 0.15) is 6.33 Å². The Morgan fingerprint density at radius 2 is 2.06 bits per heavy atom. The fourth-order valence-electron chi connectivity index (χ4n) is 1.35. The summed E-state index contributed by atoms with van der Waals surface area (Å²) in [6.07, 6.45) is 1.65. The molecular weight excluding hydrogens is 230 g/mol. The van der Waals surface area contributed by atoms with Crippen LogP contribution in [0.15, 0.2) is 6.33 Å². The van der Waals surface area contributed by atoms with E-state index in [9.17, 15) is 4.79 Å². The van der Waals surface area contributed by atoms with Crippen molar-refractivity contribution in [2.24, 2.45) is 11.1 Å². The van der Waals surface area contributed by atoms with Gasteiger partial charge in [0.15, 0.2) is 5.82 Å². The van der Waals surface area contributed by atoms with Crippen LogP contribution in [-0.2, 0) is 17.9 Å². The number of hydrogen-bond donors (Lipinski definition) is 2. The van der Waals surface area contributed by atoms with Crippen LogP contribution < -0.4 is 11.1 Å². The van der Waals surface area contributed by atoms with Crippen LogP contribution in [0, 0.1) is 5.41 Å². The number of hydrogen-bond acceptors (Lipinski definition) is 4. The lowest BCUT2D eigenvalue weighted by atomic mass is 9.74. The minimum Gasteiger partial charge on any atom is -0.348 e. The number of nitrogens with two attached hydrogens (primary N) is 1. The van der Waals surface area contributed by atoms with Crippen molar-refractivity contribution in [3.8, 4) is 0 Å². The quantitative estimate of drug-likeness (QED) is 0.808. The first kappa shape index (κ1) is 14.6. The van der Waals surface area contributed by atoms with E-state index in [2.05, 4.69) is 15.5 Å². The van der Waals surface area contributed by atoms with Crippen LogP contribution in [0.4, 0.5) is 0 Å². The number of aryl methyl sites for hydroxylation is 1. The standard InChI is InChI=1S/C12H23N5O/c1-6-17-8-15-16-9(17)7-14-10(18)11(2,3)12(4,5)13/h8H,6-7,13H2,1-5H3,(H,14,18). The van der Waals surface area contributed by atoms with Gasteiger partial charge in [-0.15, -0.1) is 10.2 Å². The zero-order valence-corrected chi connectivity index (χ0v) is 11.8. The lowest BCUT2D eigenvalue weighted by Gasteiger charge is -2.36. The van der Waals surface area contributed by atoms with Crippen molar-refractivity contribution in [2.45, 2.75) is 53.2 Å². The molecule has 6 nitrogen and oxygen atoms in total. The number of carbonyl (C=O) groups excluding carboxylic acids is 1. The second-order valence-electron chi connectivity index (χ2n) is 5.56. The third-order valence-corrected chi connectivity index (χ3v) is 3.62. The Bertz CT molecular complexity index is 416. The smallest absolute Gasteiger partial charge is 0.227 e. The highest BCUT2D eigenvalue weighted by molar-refractivity contribution is 5.83. The lowest BCUT2D eigenvalue weighted by molar-refractivity contribution is -0.132. The average molecular weight is 253 g/mol. The predicted molar refractivity (Wildman–Crippen MR) is 69.6 cm³/mol. The van der Waals surface area contributed by atoms with Crippen LogP contribution in [0.1, 0.15) is 40.4 Å². The molecule has 0 bridgehead atoms. The molecule has 0 radical (unpaired) electrons. The molecular formula is C12H23N5O. The summed E-state index contributed by atoms with van der Waals surface area (Å²) in [6.45, 7) is 10.5. The highest BCUT2D eigenvalue weighted by Crippen LogP contribution is 2.28. The maximum absolute atomic E-state index is 12.2. The Labute approximate surface area is 108 Å². The van der Waals surface area contributed by atoms with Crippen molar-refractivity contribution < 1.29 is 4.79 Å². The van der Waals surface area contributed by atoms with Crippen LogP contribution in [0.2, 0.25) is 0 Å². The third kappa shape index (κ3) is 2.87. The van der Waals surface area contributed by atoms with Crippen LogP contribution in [0.25, 0.3) is 0 Å². The average Bonchev–Trinajstić information content (AvgIpc) is 2.71. The number of rotatable bonds is 5. The normalized spacial score (nSPS) is 12.6. The fraction of sp³-hybridized carbons (Fsp3) is 0.750. The van der Waals surface area contributed by atoms with E-state index in [0.717, 1.165) is 12.4 Å². The van der Waals surface area contributed by atoms with E-state index in [1.807, 2.05) is 39.2 Å². The number of carbonyl (C=O) groups is 1. The summed E-state index contributed by atoms with van der Waals surface area (Å²) in [5.41, 5.74) is 4.79. The molecule has 1 rings (SSSR count). The number of amides is 1. The van der Waals surface area contributed by atoms with Gasteiger partial charge in [-0.1, -0.05) is 0 Å². The molecule has 0 atom stereocenters. The van der Waals surface area contributed by atoms with Gasteiger partial charge >= 0.3 is 0 Å². The van der Waals surface area contributed by atoms with Crippen LogP contribution in [-0.4, -0.2) is 26.2 Å². The Hall–Kier alpha value is -1.43. The topological polar surface area (TPSA) is 85.8 Å². The molecule has 0 aliphatic rings. The van der Waals surface area contributed by atoms with Crippen molar-refractivity contribution in [3.05, 3.63) is 12.2 Å². The maximum Gasteiger partial charge on any atom is 0.227 e. The second kappa shape index (κ2) is 5.06. The second-order valence-corrected chi connectivity index (χ2v) is 5.56. The monoisotopic (exact) mass is 253 g/mol. The molecule has 0 aliphatic carbocycles. The molecule has 6 heteroatoms. The SMILES string of the molecule is CCn1cnnc1CNC(=O)C(C)(C)C(C)(C)N. The van der Waals surface area contributed by atoms with Gasteiger partial charge in [0.05, 0.1) is 12.0 Å². The molecule has 0 fully saturated rings. The summed E-state index contributed by atoms with van der Waals surface area (Å²) >= 11 is 0. The zero-order chi connectivity index (χ0) is 14.0. The molecule has 102 valence electrons. The van der Waals surface area contributed by atoms with E-state index in [1.54, 1.807) is 6.33 Å². The molecule has 0 saturated carbocycles. The van der Waals surface area contributed by atoms with E-state index >= 15 is 0 Å². The first-order valence-electron chi connectivity index (χ1n) is 6.14. The Balaban J connectivity index is 2.67. The highest BCUT2D eigenvalue weighted by Gasteiger charge is 2.40. The Morgan fingerprint density at radius 1 is 1.44 bits per heavy atom. The minimum atomic E-state index is -0.649. The first-order valence-corrected chi connectivity index (χ1v) is 6.14. The van der Waals surface area contributed by atoms with Gasteiger partial charge in [-0.3, -0.25) is 4.79 Å². The van der Waals surface area contributed by atoms with Gasteiger partial charge in [0.25, 0.3) is 0 Å². The van der Waals surface area contributed by atoms with Crippen LogP contribution in [0.3, 0.4) is 0 Å². The zero-order valence-electron chi connectivity index (χ0n) is 11.8. The largest absolute Gasteiger partial charge is 0.348 e. The molecule has 0 saturated heterocycles. The van der Waals surface area contributed by atoms with Gasteiger partial charge in [-0.05, 0) is 34.6 Å². The van der Waals surface area contributed by atoms with Gasteiger partial charge < -0.3 is 15.6 Å². The molecule has 3 N–H and O–H groups in total. The number of nitrogens with zero attached hydrogens (tertiary/aromatic N) is 3. The van der Waals surface area contributed by atoms with Crippen molar-refractivity contribution in [3.63, 3.8) is 0 Å². The summed E-state index contributed by atoms with van der Waals surface area (Å²) in [6, 6.07) is 0.